The van der Waals surface area contributed by atoms with E-state index in [-0.39, 0.29) is 17.8 Å². The molecule has 6 nitrogen and oxygen atoms in total. The first kappa shape index (κ1) is 21.2. The van der Waals surface area contributed by atoms with Gasteiger partial charge in [-0.25, -0.2) is 0 Å². The van der Waals surface area contributed by atoms with Crippen molar-refractivity contribution in [2.75, 3.05) is 19.9 Å². The Balaban J connectivity index is 1.92. The van der Waals surface area contributed by atoms with E-state index in [4.69, 9.17) is 9.26 Å². The van der Waals surface area contributed by atoms with Crippen molar-refractivity contribution in [2.24, 2.45) is 5.92 Å². The van der Waals surface area contributed by atoms with E-state index in [0.29, 0.717) is 18.1 Å². The smallest absolute Gasteiger partial charge is 0.306 e. The molecular formula is C19H33N3O3S. The normalized spacial score (nSPS) is 17.8. The molecule has 0 saturated heterocycles. The summed E-state index contributed by atoms with van der Waals surface area (Å²) in [7, 11) is 1.43. The number of carbonyl (C=O) groups excluding carboxylic acids is 1. The van der Waals surface area contributed by atoms with Crippen molar-refractivity contribution >= 4 is 17.9 Å². The highest BCUT2D eigenvalue weighted by molar-refractivity contribution is 7.96. The Morgan fingerprint density at radius 3 is 2.85 bits per heavy atom. The highest BCUT2D eigenvalue weighted by Crippen LogP contribution is 2.31. The number of hydrogen-bond acceptors (Lipinski definition) is 7. The first-order valence-corrected chi connectivity index (χ1v) is 11.0. The molecule has 7 heteroatoms. The topological polar surface area (TPSA) is 77.2 Å². The fourth-order valence-electron chi connectivity index (χ4n) is 3.64. The zero-order valence-electron chi connectivity index (χ0n) is 16.3. The minimum absolute atomic E-state index is 0.0481. The molecule has 0 radical (unpaired) electrons. The van der Waals surface area contributed by atoms with Crippen molar-refractivity contribution in [1.82, 2.24) is 14.9 Å². The fourth-order valence-corrected chi connectivity index (χ4v) is 4.06. The minimum Gasteiger partial charge on any atom is -0.469 e. The van der Waals surface area contributed by atoms with Crippen LogP contribution in [0.5, 0.6) is 0 Å². The largest absolute Gasteiger partial charge is 0.469 e. The molecule has 1 saturated carbocycles. The third-order valence-corrected chi connectivity index (χ3v) is 5.77. The van der Waals surface area contributed by atoms with Crippen LogP contribution in [0.25, 0.3) is 0 Å². The van der Waals surface area contributed by atoms with Crippen molar-refractivity contribution in [3.63, 3.8) is 0 Å². The van der Waals surface area contributed by atoms with Crippen LogP contribution in [-0.4, -0.2) is 36.0 Å². The predicted molar refractivity (Wildman–Crippen MR) is 104 cm³/mol. The monoisotopic (exact) mass is 383 g/mol. The van der Waals surface area contributed by atoms with Crippen molar-refractivity contribution in [1.29, 1.82) is 0 Å². The van der Waals surface area contributed by atoms with E-state index in [1.807, 2.05) is 6.26 Å². The number of rotatable bonds is 11. The second-order valence-corrected chi connectivity index (χ2v) is 8.05. The molecule has 2 rings (SSSR count). The van der Waals surface area contributed by atoms with Gasteiger partial charge in [0.1, 0.15) is 0 Å². The van der Waals surface area contributed by atoms with Gasteiger partial charge in [0.25, 0.3) is 0 Å². The molecule has 1 heterocycles. The number of methoxy groups -OCH3 is 1. The van der Waals surface area contributed by atoms with Gasteiger partial charge in [0, 0.05) is 18.4 Å². The molecule has 1 aromatic rings. The molecule has 0 aliphatic heterocycles. The number of nitrogens with one attached hydrogen (secondary N) is 1. The zero-order valence-corrected chi connectivity index (χ0v) is 17.1. The number of hydrogen-bond donors (Lipinski definition) is 1. The van der Waals surface area contributed by atoms with Gasteiger partial charge in [0.05, 0.1) is 13.5 Å². The molecule has 26 heavy (non-hydrogen) atoms. The highest BCUT2D eigenvalue weighted by Gasteiger charge is 2.24. The van der Waals surface area contributed by atoms with Crippen molar-refractivity contribution < 1.29 is 14.1 Å². The molecule has 0 bridgehead atoms. The van der Waals surface area contributed by atoms with Crippen LogP contribution in [-0.2, 0) is 9.53 Å². The van der Waals surface area contributed by atoms with Crippen molar-refractivity contribution in [2.45, 2.75) is 76.5 Å². The van der Waals surface area contributed by atoms with E-state index < -0.39 is 0 Å². The Morgan fingerprint density at radius 2 is 2.15 bits per heavy atom. The van der Waals surface area contributed by atoms with Gasteiger partial charge in [0.2, 0.25) is 5.89 Å². The molecule has 0 amide bonds. The molecule has 148 valence electrons. The van der Waals surface area contributed by atoms with E-state index in [1.165, 1.54) is 45.6 Å². The average molecular weight is 384 g/mol. The third-order valence-electron chi connectivity index (χ3n) is 5.31. The Hall–Kier alpha value is -1.08. The van der Waals surface area contributed by atoms with E-state index >= 15 is 0 Å². The summed E-state index contributed by atoms with van der Waals surface area (Å²) in [5.74, 6) is 2.02. The maximum atomic E-state index is 11.8. The van der Waals surface area contributed by atoms with Crippen LogP contribution >= 0.6 is 11.9 Å². The van der Waals surface area contributed by atoms with Crippen molar-refractivity contribution in [3.05, 3.63) is 11.7 Å². The standard InChI is InChI=1S/C19H33N3O3S/c1-14(13-20-26-3)18-21-19(25-22-18)16(12-17(23)24-2)11-7-10-15-8-5-4-6-9-15/h14-16,20H,4-13H2,1-3H3/t14?,16-/m1/s1. The van der Waals surface area contributed by atoms with Gasteiger partial charge in [0.15, 0.2) is 5.82 Å². The van der Waals surface area contributed by atoms with Gasteiger partial charge in [-0.05, 0) is 18.6 Å². The molecule has 0 spiro atoms. The summed E-state index contributed by atoms with van der Waals surface area (Å²) in [5.41, 5.74) is 0. The summed E-state index contributed by atoms with van der Waals surface area (Å²) in [5, 5.41) is 4.13. The van der Waals surface area contributed by atoms with Crippen LogP contribution in [0.1, 0.15) is 88.3 Å². The molecule has 0 aromatic carbocycles. The van der Waals surface area contributed by atoms with Crippen molar-refractivity contribution in [3.8, 4) is 0 Å². The first-order chi connectivity index (χ1) is 12.6. The fraction of sp³-hybridized carbons (Fsp3) is 0.842. The molecule has 1 aliphatic rings. The second-order valence-electron chi connectivity index (χ2n) is 7.36. The zero-order chi connectivity index (χ0) is 18.8. The Bertz CT molecular complexity index is 532. The van der Waals surface area contributed by atoms with Crippen LogP contribution in [0.2, 0.25) is 0 Å². The Labute approximate surface area is 161 Å². The van der Waals surface area contributed by atoms with Crippen LogP contribution in [0.4, 0.5) is 0 Å². The van der Waals surface area contributed by atoms with Crippen LogP contribution in [0.15, 0.2) is 4.52 Å². The van der Waals surface area contributed by atoms with Gasteiger partial charge < -0.3 is 9.26 Å². The van der Waals surface area contributed by atoms with E-state index in [1.54, 1.807) is 11.9 Å². The van der Waals surface area contributed by atoms with Gasteiger partial charge >= 0.3 is 5.97 Å². The molecule has 1 aliphatic carbocycles. The Kier molecular flexibility index (Phi) is 9.46. The Morgan fingerprint density at radius 1 is 1.38 bits per heavy atom. The summed E-state index contributed by atoms with van der Waals surface area (Å²) >= 11 is 1.58. The second kappa shape index (κ2) is 11.6. The van der Waals surface area contributed by atoms with E-state index in [2.05, 4.69) is 21.8 Å². The van der Waals surface area contributed by atoms with Gasteiger partial charge in [-0.15, -0.1) is 0 Å². The quantitative estimate of drug-likeness (QED) is 0.447. The van der Waals surface area contributed by atoms with Crippen LogP contribution in [0.3, 0.4) is 0 Å². The molecule has 1 unspecified atom stereocenters. The first-order valence-electron chi connectivity index (χ1n) is 9.80. The highest BCUT2D eigenvalue weighted by atomic mass is 32.2. The summed E-state index contributed by atoms with van der Waals surface area (Å²) in [4.78, 5) is 16.4. The minimum atomic E-state index is -0.218. The number of nitrogens with zero attached hydrogens (tertiary/aromatic N) is 2. The number of esters is 1. The molecule has 1 fully saturated rings. The molecular weight excluding hydrogens is 350 g/mol. The third kappa shape index (κ3) is 6.91. The molecule has 1 N–H and O–H groups in total. The number of aromatic nitrogens is 2. The van der Waals surface area contributed by atoms with Gasteiger partial charge in [-0.1, -0.05) is 69.0 Å². The lowest BCUT2D eigenvalue weighted by atomic mass is 9.84. The molecule has 1 aromatic heterocycles. The van der Waals surface area contributed by atoms with Gasteiger partial charge in [-0.3, -0.25) is 9.52 Å². The average Bonchev–Trinajstić information content (AvgIpc) is 3.16. The summed E-state index contributed by atoms with van der Waals surface area (Å²) in [6.45, 7) is 2.85. The lowest BCUT2D eigenvalue weighted by Gasteiger charge is -2.22. The van der Waals surface area contributed by atoms with Crippen LogP contribution in [0, 0.1) is 5.92 Å². The summed E-state index contributed by atoms with van der Waals surface area (Å²) < 4.78 is 13.6. The van der Waals surface area contributed by atoms with Gasteiger partial charge in [-0.2, -0.15) is 4.98 Å². The SMILES string of the molecule is COC(=O)C[C@@H](CCCC1CCCCC1)c1nc(C(C)CNSC)no1. The number of carbonyl (C=O) groups is 1. The summed E-state index contributed by atoms with van der Waals surface area (Å²) in [6, 6.07) is 0. The molecule has 2 atom stereocenters. The van der Waals surface area contributed by atoms with E-state index in [9.17, 15) is 4.79 Å². The number of ether oxygens (including phenoxy) is 1. The lowest BCUT2D eigenvalue weighted by Crippen LogP contribution is -2.14. The lowest BCUT2D eigenvalue weighted by molar-refractivity contribution is -0.141. The van der Waals surface area contributed by atoms with E-state index in [0.717, 1.165) is 25.3 Å². The maximum absolute atomic E-state index is 11.8. The van der Waals surface area contributed by atoms with Crippen LogP contribution < -0.4 is 4.72 Å². The maximum Gasteiger partial charge on any atom is 0.306 e. The predicted octanol–water partition coefficient (Wildman–Crippen LogP) is 4.44. The summed E-state index contributed by atoms with van der Waals surface area (Å²) in [6.07, 6.45) is 12.3.